The van der Waals surface area contributed by atoms with Gasteiger partial charge in [0.1, 0.15) is 0 Å². The first-order valence-corrected chi connectivity index (χ1v) is 7.66. The molecule has 5 heteroatoms. The standard InChI is InChI=1S/C17H13N3OS/c1-12-7-15(22-11-12)10-20-17(21)6-5-16(19-20)14-4-2-3-13(8-14)9-18/h2-8,11H,10H2,1H3. The number of rotatable bonds is 3. The molecule has 108 valence electrons. The van der Waals surface area contributed by atoms with Gasteiger partial charge in [-0.25, -0.2) is 4.68 Å². The van der Waals surface area contributed by atoms with Crippen molar-refractivity contribution in [3.63, 3.8) is 0 Å². The average molecular weight is 307 g/mol. The molecule has 3 rings (SSSR count). The maximum absolute atomic E-state index is 12.0. The number of thiophene rings is 1. The molecule has 3 aromatic rings. The van der Waals surface area contributed by atoms with E-state index in [1.807, 2.05) is 19.1 Å². The van der Waals surface area contributed by atoms with Gasteiger partial charge in [-0.05, 0) is 42.1 Å². The molecule has 0 N–H and O–H groups in total. The van der Waals surface area contributed by atoms with Crippen molar-refractivity contribution in [2.24, 2.45) is 0 Å². The van der Waals surface area contributed by atoms with Crippen molar-refractivity contribution in [1.29, 1.82) is 5.26 Å². The molecule has 0 fully saturated rings. The van der Waals surface area contributed by atoms with E-state index in [1.165, 1.54) is 16.3 Å². The van der Waals surface area contributed by atoms with Gasteiger partial charge in [0.25, 0.3) is 5.56 Å². The van der Waals surface area contributed by atoms with Crippen LogP contribution in [0.25, 0.3) is 11.3 Å². The SMILES string of the molecule is Cc1csc(Cn2nc(-c3cccc(C#N)c3)ccc2=O)c1. The Morgan fingerprint density at radius 3 is 2.86 bits per heavy atom. The van der Waals surface area contributed by atoms with Crippen molar-refractivity contribution in [2.75, 3.05) is 0 Å². The molecule has 0 aliphatic rings. The summed E-state index contributed by atoms with van der Waals surface area (Å²) in [4.78, 5) is 13.1. The van der Waals surface area contributed by atoms with Crippen molar-refractivity contribution in [1.82, 2.24) is 9.78 Å². The number of hydrogen-bond donors (Lipinski definition) is 0. The maximum Gasteiger partial charge on any atom is 0.267 e. The Kier molecular flexibility index (Phi) is 3.86. The Morgan fingerprint density at radius 1 is 1.27 bits per heavy atom. The zero-order valence-electron chi connectivity index (χ0n) is 12.0. The predicted molar refractivity (Wildman–Crippen MR) is 86.8 cm³/mol. The lowest BCUT2D eigenvalue weighted by Gasteiger charge is -2.06. The van der Waals surface area contributed by atoms with E-state index in [1.54, 1.807) is 29.5 Å². The molecule has 1 aromatic carbocycles. The molecular weight excluding hydrogens is 294 g/mol. The number of benzene rings is 1. The molecule has 0 atom stereocenters. The summed E-state index contributed by atoms with van der Waals surface area (Å²) in [5, 5.41) is 15.5. The molecule has 0 radical (unpaired) electrons. The highest BCUT2D eigenvalue weighted by Gasteiger charge is 2.06. The lowest BCUT2D eigenvalue weighted by molar-refractivity contribution is 0.649. The van der Waals surface area contributed by atoms with Gasteiger partial charge in [0.2, 0.25) is 0 Å². The lowest BCUT2D eigenvalue weighted by atomic mass is 10.1. The first-order valence-electron chi connectivity index (χ1n) is 6.78. The molecule has 0 amide bonds. The Hall–Kier alpha value is -2.71. The molecule has 0 saturated heterocycles. The number of hydrogen-bond acceptors (Lipinski definition) is 4. The van der Waals surface area contributed by atoms with E-state index in [-0.39, 0.29) is 5.56 Å². The average Bonchev–Trinajstić information content (AvgIpc) is 2.94. The van der Waals surface area contributed by atoms with Crippen molar-refractivity contribution in [3.8, 4) is 17.3 Å². The van der Waals surface area contributed by atoms with Gasteiger partial charge in [-0.1, -0.05) is 12.1 Å². The normalized spacial score (nSPS) is 10.4. The van der Waals surface area contributed by atoms with E-state index < -0.39 is 0 Å². The van der Waals surface area contributed by atoms with E-state index in [9.17, 15) is 4.79 Å². The lowest BCUT2D eigenvalue weighted by Crippen LogP contribution is -2.22. The number of aryl methyl sites for hydroxylation is 1. The minimum atomic E-state index is -0.133. The highest BCUT2D eigenvalue weighted by atomic mass is 32.1. The minimum Gasteiger partial charge on any atom is -0.268 e. The monoisotopic (exact) mass is 307 g/mol. The second-order valence-electron chi connectivity index (χ2n) is 5.00. The summed E-state index contributed by atoms with van der Waals surface area (Å²) in [6.07, 6.45) is 0. The van der Waals surface area contributed by atoms with Crippen LogP contribution in [0.1, 0.15) is 16.0 Å². The molecule has 0 saturated carbocycles. The van der Waals surface area contributed by atoms with Gasteiger partial charge < -0.3 is 0 Å². The Morgan fingerprint density at radius 2 is 2.14 bits per heavy atom. The number of nitriles is 1. The maximum atomic E-state index is 12.0. The van der Waals surface area contributed by atoms with Gasteiger partial charge >= 0.3 is 0 Å². The van der Waals surface area contributed by atoms with E-state index in [4.69, 9.17) is 5.26 Å². The van der Waals surface area contributed by atoms with Crippen molar-refractivity contribution in [2.45, 2.75) is 13.5 Å². The first kappa shape index (κ1) is 14.2. The summed E-state index contributed by atoms with van der Waals surface area (Å²) < 4.78 is 1.46. The molecule has 0 bridgehead atoms. The Bertz CT molecular complexity index is 918. The van der Waals surface area contributed by atoms with Crippen LogP contribution in [-0.2, 0) is 6.54 Å². The molecule has 22 heavy (non-hydrogen) atoms. The van der Waals surface area contributed by atoms with Crippen molar-refractivity contribution >= 4 is 11.3 Å². The van der Waals surface area contributed by atoms with Gasteiger partial charge in [-0.3, -0.25) is 4.79 Å². The summed E-state index contributed by atoms with van der Waals surface area (Å²) >= 11 is 1.62. The molecule has 0 aliphatic carbocycles. The van der Waals surface area contributed by atoms with E-state index in [2.05, 4.69) is 22.6 Å². The fraction of sp³-hybridized carbons (Fsp3) is 0.118. The number of aromatic nitrogens is 2. The van der Waals surface area contributed by atoms with Crippen LogP contribution < -0.4 is 5.56 Å². The Balaban J connectivity index is 1.99. The zero-order valence-corrected chi connectivity index (χ0v) is 12.8. The highest BCUT2D eigenvalue weighted by Crippen LogP contribution is 2.18. The van der Waals surface area contributed by atoms with Crippen LogP contribution in [0.4, 0.5) is 0 Å². The third kappa shape index (κ3) is 2.97. The highest BCUT2D eigenvalue weighted by molar-refractivity contribution is 7.10. The summed E-state index contributed by atoms with van der Waals surface area (Å²) in [6.45, 7) is 2.49. The topological polar surface area (TPSA) is 58.7 Å². The third-order valence-electron chi connectivity index (χ3n) is 3.24. The van der Waals surface area contributed by atoms with Gasteiger partial charge in [0.05, 0.1) is 23.9 Å². The molecule has 0 unspecified atom stereocenters. The summed E-state index contributed by atoms with van der Waals surface area (Å²) in [6, 6.07) is 14.6. The molecule has 0 spiro atoms. The summed E-state index contributed by atoms with van der Waals surface area (Å²) in [5.74, 6) is 0. The first-order chi connectivity index (χ1) is 10.7. The summed E-state index contributed by atoms with van der Waals surface area (Å²) in [7, 11) is 0. The molecule has 2 aromatic heterocycles. The van der Waals surface area contributed by atoms with Crippen molar-refractivity contribution in [3.05, 3.63) is 74.2 Å². The van der Waals surface area contributed by atoms with Gasteiger partial charge in [-0.15, -0.1) is 11.3 Å². The van der Waals surface area contributed by atoms with Crippen LogP contribution in [0.2, 0.25) is 0 Å². The quantitative estimate of drug-likeness (QED) is 0.746. The van der Waals surface area contributed by atoms with E-state index in [0.29, 0.717) is 17.8 Å². The second-order valence-corrected chi connectivity index (χ2v) is 5.99. The van der Waals surface area contributed by atoms with E-state index in [0.717, 1.165) is 10.4 Å². The van der Waals surface area contributed by atoms with Gasteiger partial charge in [-0.2, -0.15) is 10.4 Å². The van der Waals surface area contributed by atoms with Crippen LogP contribution in [0, 0.1) is 18.3 Å². The molecule has 4 nitrogen and oxygen atoms in total. The van der Waals surface area contributed by atoms with Gasteiger partial charge in [0.15, 0.2) is 0 Å². The van der Waals surface area contributed by atoms with Crippen LogP contribution in [-0.4, -0.2) is 9.78 Å². The van der Waals surface area contributed by atoms with Crippen LogP contribution in [0.5, 0.6) is 0 Å². The van der Waals surface area contributed by atoms with Crippen LogP contribution in [0.3, 0.4) is 0 Å². The van der Waals surface area contributed by atoms with Crippen LogP contribution >= 0.6 is 11.3 Å². The molecule has 0 aliphatic heterocycles. The van der Waals surface area contributed by atoms with Crippen LogP contribution in [0.15, 0.2) is 52.6 Å². The molecule has 2 heterocycles. The zero-order chi connectivity index (χ0) is 15.5. The van der Waals surface area contributed by atoms with Crippen molar-refractivity contribution < 1.29 is 0 Å². The van der Waals surface area contributed by atoms with Gasteiger partial charge in [0, 0.05) is 16.5 Å². The predicted octanol–water partition coefficient (Wildman–Crippen LogP) is 3.20. The third-order valence-corrected chi connectivity index (χ3v) is 4.28. The second kappa shape index (κ2) is 5.96. The van der Waals surface area contributed by atoms with E-state index >= 15 is 0 Å². The molecular formula is C17H13N3OS. The smallest absolute Gasteiger partial charge is 0.267 e. The minimum absolute atomic E-state index is 0.133. The fourth-order valence-electron chi connectivity index (χ4n) is 2.19. The summed E-state index contributed by atoms with van der Waals surface area (Å²) in [5.41, 5.74) is 3.14. The Labute approximate surface area is 131 Å². The largest absolute Gasteiger partial charge is 0.268 e. The number of nitrogens with zero attached hydrogens (tertiary/aromatic N) is 3. The fourth-order valence-corrected chi connectivity index (χ4v) is 3.04.